The topological polar surface area (TPSA) is 78.4 Å². The average Bonchev–Trinajstić information content (AvgIpc) is 2.42. The van der Waals surface area contributed by atoms with Crippen molar-refractivity contribution in [2.24, 2.45) is 5.92 Å². The van der Waals surface area contributed by atoms with E-state index in [1.807, 2.05) is 33.8 Å². The Morgan fingerprint density at radius 1 is 1.18 bits per heavy atom. The fourth-order valence-electron chi connectivity index (χ4n) is 2.19. The van der Waals surface area contributed by atoms with Crippen molar-refractivity contribution < 1.29 is 14.7 Å². The Morgan fingerprint density at radius 2 is 1.73 bits per heavy atom. The van der Waals surface area contributed by atoms with E-state index in [0.717, 1.165) is 17.5 Å². The average molecular weight is 306 g/mol. The van der Waals surface area contributed by atoms with Gasteiger partial charge in [-0.25, -0.2) is 0 Å². The van der Waals surface area contributed by atoms with Gasteiger partial charge in [-0.2, -0.15) is 0 Å². The molecule has 0 aromatic heterocycles. The van der Waals surface area contributed by atoms with Gasteiger partial charge in [-0.15, -0.1) is 0 Å². The summed E-state index contributed by atoms with van der Waals surface area (Å²) in [6, 6.07) is 5.58. The zero-order valence-corrected chi connectivity index (χ0v) is 14.0. The SMILES string of the molecule is CCC(C)C(C)(O)CNC(=O)C(=O)Nc1cc(C)cc(C)c1. The summed E-state index contributed by atoms with van der Waals surface area (Å²) in [4.78, 5) is 23.7. The van der Waals surface area contributed by atoms with E-state index in [1.165, 1.54) is 0 Å². The maximum absolute atomic E-state index is 11.9. The van der Waals surface area contributed by atoms with Crippen molar-refractivity contribution in [1.82, 2.24) is 5.32 Å². The first-order valence-electron chi connectivity index (χ1n) is 7.55. The van der Waals surface area contributed by atoms with Crippen LogP contribution in [-0.4, -0.2) is 29.1 Å². The van der Waals surface area contributed by atoms with Crippen LogP contribution in [0.4, 0.5) is 5.69 Å². The van der Waals surface area contributed by atoms with Gasteiger partial charge in [0.05, 0.1) is 5.60 Å². The minimum absolute atomic E-state index is 0.0234. The summed E-state index contributed by atoms with van der Waals surface area (Å²) in [6.45, 7) is 9.41. The van der Waals surface area contributed by atoms with Crippen LogP contribution in [0.3, 0.4) is 0 Å². The van der Waals surface area contributed by atoms with E-state index >= 15 is 0 Å². The van der Waals surface area contributed by atoms with Crippen LogP contribution in [0.1, 0.15) is 38.3 Å². The summed E-state index contributed by atoms with van der Waals surface area (Å²) in [6.07, 6.45) is 0.789. The molecule has 0 aliphatic heterocycles. The van der Waals surface area contributed by atoms with Crippen molar-refractivity contribution in [1.29, 1.82) is 0 Å². The predicted molar refractivity (Wildman–Crippen MR) is 87.6 cm³/mol. The van der Waals surface area contributed by atoms with Crippen molar-refractivity contribution >= 4 is 17.5 Å². The Bertz CT molecular complexity index is 533. The highest BCUT2D eigenvalue weighted by Crippen LogP contribution is 2.18. The van der Waals surface area contributed by atoms with Gasteiger partial charge in [0.25, 0.3) is 0 Å². The van der Waals surface area contributed by atoms with E-state index in [-0.39, 0.29) is 12.5 Å². The molecule has 2 atom stereocenters. The first kappa shape index (κ1) is 18.2. The standard InChI is InChI=1S/C17H26N2O3/c1-6-13(4)17(5,22)10-18-15(20)16(21)19-14-8-11(2)7-12(3)9-14/h7-9,13,22H,6,10H2,1-5H3,(H,18,20)(H,19,21). The first-order valence-corrected chi connectivity index (χ1v) is 7.55. The van der Waals surface area contributed by atoms with Gasteiger partial charge in [0.1, 0.15) is 0 Å². The molecular formula is C17H26N2O3. The van der Waals surface area contributed by atoms with Gasteiger partial charge in [-0.05, 0) is 49.9 Å². The number of anilines is 1. The first-order chi connectivity index (χ1) is 10.2. The van der Waals surface area contributed by atoms with Crippen molar-refractivity contribution in [3.05, 3.63) is 29.3 Å². The maximum atomic E-state index is 11.9. The van der Waals surface area contributed by atoms with Gasteiger partial charge < -0.3 is 15.7 Å². The third-order valence-corrected chi connectivity index (χ3v) is 3.97. The zero-order valence-electron chi connectivity index (χ0n) is 14.0. The lowest BCUT2D eigenvalue weighted by atomic mass is 9.89. The number of benzene rings is 1. The minimum atomic E-state index is -1.04. The summed E-state index contributed by atoms with van der Waals surface area (Å²) in [5.74, 6) is -1.46. The number of aryl methyl sites for hydroxylation is 2. The van der Waals surface area contributed by atoms with Crippen molar-refractivity contribution in [2.75, 3.05) is 11.9 Å². The number of carbonyl (C=O) groups is 2. The van der Waals surface area contributed by atoms with E-state index in [0.29, 0.717) is 5.69 Å². The van der Waals surface area contributed by atoms with E-state index in [1.54, 1.807) is 19.1 Å². The normalized spacial score (nSPS) is 14.8. The molecule has 3 N–H and O–H groups in total. The number of aliphatic hydroxyl groups is 1. The molecule has 2 unspecified atom stereocenters. The van der Waals surface area contributed by atoms with Gasteiger partial charge in [-0.1, -0.05) is 26.3 Å². The second-order valence-electron chi connectivity index (χ2n) is 6.18. The summed E-state index contributed by atoms with van der Waals surface area (Å²) < 4.78 is 0. The maximum Gasteiger partial charge on any atom is 0.313 e. The molecule has 1 aromatic carbocycles. The lowest BCUT2D eigenvalue weighted by Gasteiger charge is -2.29. The van der Waals surface area contributed by atoms with Gasteiger partial charge in [0.2, 0.25) is 0 Å². The fraction of sp³-hybridized carbons (Fsp3) is 0.529. The molecule has 1 rings (SSSR count). The molecule has 0 fully saturated rings. The lowest BCUT2D eigenvalue weighted by Crippen LogP contribution is -2.47. The van der Waals surface area contributed by atoms with E-state index in [9.17, 15) is 14.7 Å². The van der Waals surface area contributed by atoms with Gasteiger partial charge >= 0.3 is 11.8 Å². The second-order valence-corrected chi connectivity index (χ2v) is 6.18. The molecular weight excluding hydrogens is 280 g/mol. The third kappa shape index (κ3) is 5.15. The smallest absolute Gasteiger partial charge is 0.313 e. The minimum Gasteiger partial charge on any atom is -0.388 e. The molecule has 0 aliphatic rings. The van der Waals surface area contributed by atoms with Crippen LogP contribution in [0.2, 0.25) is 0 Å². The van der Waals surface area contributed by atoms with Crippen LogP contribution in [0.15, 0.2) is 18.2 Å². The molecule has 2 amide bonds. The Balaban J connectivity index is 2.61. The molecule has 1 aromatic rings. The summed E-state index contributed by atoms with van der Waals surface area (Å²) >= 11 is 0. The van der Waals surface area contributed by atoms with Crippen LogP contribution in [0.5, 0.6) is 0 Å². The molecule has 0 aliphatic carbocycles. The van der Waals surface area contributed by atoms with Crippen molar-refractivity contribution in [3.63, 3.8) is 0 Å². The quantitative estimate of drug-likeness (QED) is 0.729. The molecule has 122 valence electrons. The van der Waals surface area contributed by atoms with Crippen LogP contribution in [-0.2, 0) is 9.59 Å². The summed E-state index contributed by atoms with van der Waals surface area (Å²) in [7, 11) is 0. The highest BCUT2D eigenvalue weighted by atomic mass is 16.3. The molecule has 0 radical (unpaired) electrons. The van der Waals surface area contributed by atoms with Crippen LogP contribution in [0, 0.1) is 19.8 Å². The van der Waals surface area contributed by atoms with Gasteiger partial charge in [0, 0.05) is 12.2 Å². The van der Waals surface area contributed by atoms with Crippen LogP contribution >= 0.6 is 0 Å². The second kappa shape index (κ2) is 7.40. The largest absolute Gasteiger partial charge is 0.388 e. The number of rotatable bonds is 5. The van der Waals surface area contributed by atoms with Crippen molar-refractivity contribution in [3.8, 4) is 0 Å². The lowest BCUT2D eigenvalue weighted by molar-refractivity contribution is -0.137. The van der Waals surface area contributed by atoms with E-state index in [4.69, 9.17) is 0 Å². The fourth-order valence-corrected chi connectivity index (χ4v) is 2.19. The number of hydrogen-bond acceptors (Lipinski definition) is 3. The Kier molecular flexibility index (Phi) is 6.11. The summed E-state index contributed by atoms with van der Waals surface area (Å²) in [5.41, 5.74) is 1.57. The van der Waals surface area contributed by atoms with Crippen LogP contribution in [0.25, 0.3) is 0 Å². The van der Waals surface area contributed by atoms with Crippen LogP contribution < -0.4 is 10.6 Å². The highest BCUT2D eigenvalue weighted by Gasteiger charge is 2.28. The molecule has 0 saturated carbocycles. The Morgan fingerprint density at radius 3 is 2.23 bits per heavy atom. The highest BCUT2D eigenvalue weighted by molar-refractivity contribution is 6.39. The Hall–Kier alpha value is -1.88. The van der Waals surface area contributed by atoms with Gasteiger partial charge in [0.15, 0.2) is 0 Å². The number of nitrogens with one attached hydrogen (secondary N) is 2. The third-order valence-electron chi connectivity index (χ3n) is 3.97. The summed E-state index contributed by atoms with van der Waals surface area (Å²) in [5, 5.41) is 15.3. The molecule has 5 heteroatoms. The molecule has 22 heavy (non-hydrogen) atoms. The molecule has 0 heterocycles. The van der Waals surface area contributed by atoms with Gasteiger partial charge in [-0.3, -0.25) is 9.59 Å². The predicted octanol–water partition coefficient (Wildman–Crippen LogP) is 2.16. The van der Waals surface area contributed by atoms with E-state index < -0.39 is 17.4 Å². The number of hydrogen-bond donors (Lipinski definition) is 3. The molecule has 5 nitrogen and oxygen atoms in total. The molecule has 0 saturated heterocycles. The van der Waals surface area contributed by atoms with Crippen molar-refractivity contribution in [2.45, 2.75) is 46.6 Å². The number of carbonyl (C=O) groups excluding carboxylic acids is 2. The molecule has 0 spiro atoms. The molecule has 0 bridgehead atoms. The monoisotopic (exact) mass is 306 g/mol. The zero-order chi connectivity index (χ0) is 16.9. The number of amides is 2. The van der Waals surface area contributed by atoms with E-state index in [2.05, 4.69) is 10.6 Å². The Labute approximate surface area is 132 Å².